The zero-order valence-electron chi connectivity index (χ0n) is 13.3. The summed E-state index contributed by atoms with van der Waals surface area (Å²) in [7, 11) is 0. The van der Waals surface area contributed by atoms with Gasteiger partial charge in [0.25, 0.3) is 0 Å². The standard InChI is InChI=1S/C21H21NO/c1-16(22)19-8-5-9-20(14-19)18-10-12-21(13-11-18)23-15-17-6-3-2-4-7-17/h2-14,16H,15,22H2,1H3. The molecular weight excluding hydrogens is 282 g/mol. The maximum atomic E-state index is 5.96. The summed E-state index contributed by atoms with van der Waals surface area (Å²) in [4.78, 5) is 0. The molecule has 1 unspecified atom stereocenters. The molecule has 1 atom stereocenters. The number of rotatable bonds is 5. The number of hydrogen-bond acceptors (Lipinski definition) is 2. The molecule has 0 heterocycles. The summed E-state index contributed by atoms with van der Waals surface area (Å²) in [5, 5.41) is 0. The van der Waals surface area contributed by atoms with E-state index in [1.807, 2.05) is 43.3 Å². The van der Waals surface area contributed by atoms with E-state index in [-0.39, 0.29) is 6.04 Å². The predicted molar refractivity (Wildman–Crippen MR) is 95.3 cm³/mol. The van der Waals surface area contributed by atoms with Gasteiger partial charge in [-0.25, -0.2) is 0 Å². The molecule has 3 rings (SSSR count). The second-order valence-corrected chi connectivity index (χ2v) is 5.71. The van der Waals surface area contributed by atoms with Crippen LogP contribution in [-0.2, 0) is 6.61 Å². The van der Waals surface area contributed by atoms with E-state index in [1.165, 1.54) is 16.7 Å². The molecule has 0 spiro atoms. The molecule has 0 saturated heterocycles. The van der Waals surface area contributed by atoms with Gasteiger partial charge in [-0.3, -0.25) is 0 Å². The van der Waals surface area contributed by atoms with E-state index in [9.17, 15) is 0 Å². The van der Waals surface area contributed by atoms with Gasteiger partial charge in [-0.1, -0.05) is 60.7 Å². The van der Waals surface area contributed by atoms with Gasteiger partial charge in [-0.15, -0.1) is 0 Å². The molecule has 2 nitrogen and oxygen atoms in total. The van der Waals surface area contributed by atoms with Gasteiger partial charge in [-0.05, 0) is 47.4 Å². The van der Waals surface area contributed by atoms with Gasteiger partial charge in [0, 0.05) is 6.04 Å². The molecule has 0 saturated carbocycles. The molecule has 3 aromatic rings. The maximum Gasteiger partial charge on any atom is 0.119 e. The van der Waals surface area contributed by atoms with Gasteiger partial charge in [0.15, 0.2) is 0 Å². The van der Waals surface area contributed by atoms with Gasteiger partial charge < -0.3 is 10.5 Å². The van der Waals surface area contributed by atoms with E-state index in [1.54, 1.807) is 0 Å². The lowest BCUT2D eigenvalue weighted by Gasteiger charge is -2.10. The van der Waals surface area contributed by atoms with E-state index in [0.29, 0.717) is 6.61 Å². The molecule has 0 radical (unpaired) electrons. The monoisotopic (exact) mass is 303 g/mol. The molecule has 116 valence electrons. The Morgan fingerprint density at radius 3 is 2.26 bits per heavy atom. The van der Waals surface area contributed by atoms with Crippen LogP contribution < -0.4 is 10.5 Å². The molecule has 0 bridgehead atoms. The van der Waals surface area contributed by atoms with Crippen LogP contribution in [0.3, 0.4) is 0 Å². The zero-order chi connectivity index (χ0) is 16.1. The Morgan fingerprint density at radius 2 is 1.57 bits per heavy atom. The minimum atomic E-state index is 0.0448. The summed E-state index contributed by atoms with van der Waals surface area (Å²) in [6.45, 7) is 2.58. The van der Waals surface area contributed by atoms with Gasteiger partial charge in [-0.2, -0.15) is 0 Å². The summed E-state index contributed by atoms with van der Waals surface area (Å²) in [6, 6.07) is 26.8. The highest BCUT2D eigenvalue weighted by Crippen LogP contribution is 2.25. The predicted octanol–water partition coefficient (Wildman–Crippen LogP) is 4.95. The number of benzene rings is 3. The van der Waals surface area contributed by atoms with Crippen molar-refractivity contribution in [1.82, 2.24) is 0 Å². The summed E-state index contributed by atoms with van der Waals surface area (Å²) in [5.41, 5.74) is 10.6. The van der Waals surface area contributed by atoms with E-state index in [0.717, 1.165) is 11.3 Å². The lowest BCUT2D eigenvalue weighted by molar-refractivity contribution is 0.306. The zero-order valence-corrected chi connectivity index (χ0v) is 13.3. The molecule has 2 N–H and O–H groups in total. The molecule has 0 fully saturated rings. The van der Waals surface area contributed by atoms with Gasteiger partial charge >= 0.3 is 0 Å². The molecule has 0 amide bonds. The summed E-state index contributed by atoms with van der Waals surface area (Å²) in [6.07, 6.45) is 0. The number of nitrogens with two attached hydrogens (primary N) is 1. The molecule has 23 heavy (non-hydrogen) atoms. The van der Waals surface area contributed by atoms with Crippen molar-refractivity contribution in [1.29, 1.82) is 0 Å². The van der Waals surface area contributed by atoms with Crippen LogP contribution in [0.4, 0.5) is 0 Å². The first kappa shape index (κ1) is 15.3. The second-order valence-electron chi connectivity index (χ2n) is 5.71. The van der Waals surface area contributed by atoms with Crippen LogP contribution in [0.1, 0.15) is 24.1 Å². The Kier molecular flexibility index (Phi) is 4.74. The lowest BCUT2D eigenvalue weighted by atomic mass is 10.0. The Bertz CT molecular complexity index is 748. The molecule has 0 aliphatic rings. The molecule has 3 aromatic carbocycles. The van der Waals surface area contributed by atoms with Crippen LogP contribution in [0, 0.1) is 0 Å². The van der Waals surface area contributed by atoms with Crippen molar-refractivity contribution in [3.05, 3.63) is 90.0 Å². The largest absolute Gasteiger partial charge is 0.489 e. The first-order chi connectivity index (χ1) is 11.2. The van der Waals surface area contributed by atoms with Gasteiger partial charge in [0.05, 0.1) is 0 Å². The summed E-state index contributed by atoms with van der Waals surface area (Å²) >= 11 is 0. The summed E-state index contributed by atoms with van der Waals surface area (Å²) < 4.78 is 5.82. The topological polar surface area (TPSA) is 35.2 Å². The molecule has 0 aromatic heterocycles. The smallest absolute Gasteiger partial charge is 0.119 e. The highest BCUT2D eigenvalue weighted by Gasteiger charge is 2.03. The Morgan fingerprint density at radius 1 is 0.826 bits per heavy atom. The number of ether oxygens (including phenoxy) is 1. The first-order valence-electron chi connectivity index (χ1n) is 7.85. The van der Waals surface area contributed by atoms with Crippen molar-refractivity contribution in [2.24, 2.45) is 5.73 Å². The maximum absolute atomic E-state index is 5.96. The van der Waals surface area contributed by atoms with E-state index >= 15 is 0 Å². The SMILES string of the molecule is CC(N)c1cccc(-c2ccc(OCc3ccccc3)cc2)c1. The Hall–Kier alpha value is -2.58. The van der Waals surface area contributed by atoms with E-state index < -0.39 is 0 Å². The Balaban J connectivity index is 1.71. The van der Waals surface area contributed by atoms with Crippen molar-refractivity contribution >= 4 is 0 Å². The van der Waals surface area contributed by atoms with Crippen molar-refractivity contribution in [2.75, 3.05) is 0 Å². The van der Waals surface area contributed by atoms with E-state index in [2.05, 4.69) is 42.5 Å². The number of hydrogen-bond donors (Lipinski definition) is 1. The normalized spacial score (nSPS) is 11.9. The van der Waals surface area contributed by atoms with Crippen LogP contribution in [0.5, 0.6) is 5.75 Å². The Labute approximate surface area is 137 Å². The van der Waals surface area contributed by atoms with Crippen LogP contribution in [0.2, 0.25) is 0 Å². The average Bonchev–Trinajstić information content (AvgIpc) is 2.61. The van der Waals surface area contributed by atoms with Crippen molar-refractivity contribution < 1.29 is 4.74 Å². The third kappa shape index (κ3) is 3.99. The molecule has 0 aliphatic heterocycles. The minimum Gasteiger partial charge on any atom is -0.489 e. The average molecular weight is 303 g/mol. The third-order valence-corrected chi connectivity index (χ3v) is 3.85. The van der Waals surface area contributed by atoms with Gasteiger partial charge in [0.1, 0.15) is 12.4 Å². The fourth-order valence-electron chi connectivity index (χ4n) is 2.49. The van der Waals surface area contributed by atoms with Crippen LogP contribution >= 0.6 is 0 Å². The van der Waals surface area contributed by atoms with Crippen LogP contribution in [0.25, 0.3) is 11.1 Å². The molecular formula is C21H21NO. The second kappa shape index (κ2) is 7.12. The van der Waals surface area contributed by atoms with Crippen molar-refractivity contribution in [3.63, 3.8) is 0 Å². The van der Waals surface area contributed by atoms with Crippen LogP contribution in [-0.4, -0.2) is 0 Å². The fraction of sp³-hybridized carbons (Fsp3) is 0.143. The van der Waals surface area contributed by atoms with Gasteiger partial charge in [0.2, 0.25) is 0 Å². The minimum absolute atomic E-state index is 0.0448. The highest BCUT2D eigenvalue weighted by atomic mass is 16.5. The molecule has 2 heteroatoms. The van der Waals surface area contributed by atoms with Crippen molar-refractivity contribution in [2.45, 2.75) is 19.6 Å². The first-order valence-corrected chi connectivity index (χ1v) is 7.85. The molecule has 0 aliphatic carbocycles. The fourth-order valence-corrected chi connectivity index (χ4v) is 2.49. The van der Waals surface area contributed by atoms with Crippen LogP contribution in [0.15, 0.2) is 78.9 Å². The quantitative estimate of drug-likeness (QED) is 0.723. The summed E-state index contributed by atoms with van der Waals surface area (Å²) in [5.74, 6) is 0.876. The van der Waals surface area contributed by atoms with E-state index in [4.69, 9.17) is 10.5 Å². The third-order valence-electron chi connectivity index (χ3n) is 3.85. The highest BCUT2D eigenvalue weighted by molar-refractivity contribution is 5.65. The van der Waals surface area contributed by atoms with Crippen molar-refractivity contribution in [3.8, 4) is 16.9 Å². The lowest BCUT2D eigenvalue weighted by Crippen LogP contribution is -2.04.